The van der Waals surface area contributed by atoms with Crippen LogP contribution in [0.25, 0.3) is 11.6 Å². The fourth-order valence-corrected chi connectivity index (χ4v) is 2.66. The Bertz CT molecular complexity index is 1150. The molecule has 0 aliphatic heterocycles. The van der Waals surface area contributed by atoms with Crippen molar-refractivity contribution in [2.24, 2.45) is 0 Å². The Hall–Kier alpha value is -4.34. The Morgan fingerprint density at radius 3 is 2.40 bits per heavy atom. The van der Waals surface area contributed by atoms with Crippen LogP contribution in [0.2, 0.25) is 0 Å². The number of amides is 1. The van der Waals surface area contributed by atoms with Gasteiger partial charge in [0.15, 0.2) is 0 Å². The van der Waals surface area contributed by atoms with E-state index in [0.717, 1.165) is 11.3 Å². The number of carbonyl (C=O) groups is 1. The predicted molar refractivity (Wildman–Crippen MR) is 110 cm³/mol. The standard InChI is InChI=1S/C20H18N8O2/c1-28(14-10-6-3-7-11-14)20-25-15(24-19(21)26-20)16-23-18(30-27-16)17(29)22-12-13-8-4-2-5-9-13/h2-11H,12H2,1H3,(H,22,29)(H2,21,24,25,26). The van der Waals surface area contributed by atoms with E-state index < -0.39 is 5.91 Å². The monoisotopic (exact) mass is 402 g/mol. The van der Waals surface area contributed by atoms with Crippen molar-refractivity contribution in [3.63, 3.8) is 0 Å². The first-order valence-electron chi connectivity index (χ1n) is 9.06. The third-order valence-electron chi connectivity index (χ3n) is 4.20. The van der Waals surface area contributed by atoms with Crippen LogP contribution in [0.4, 0.5) is 17.6 Å². The van der Waals surface area contributed by atoms with Gasteiger partial charge in [-0.3, -0.25) is 4.79 Å². The summed E-state index contributed by atoms with van der Waals surface area (Å²) >= 11 is 0. The molecule has 2 aromatic heterocycles. The summed E-state index contributed by atoms with van der Waals surface area (Å²) in [5, 5.41) is 6.52. The van der Waals surface area contributed by atoms with Gasteiger partial charge in [0.1, 0.15) is 0 Å². The summed E-state index contributed by atoms with van der Waals surface area (Å²) in [6, 6.07) is 19.0. The van der Waals surface area contributed by atoms with Crippen LogP contribution in [0, 0.1) is 0 Å². The Balaban J connectivity index is 1.53. The van der Waals surface area contributed by atoms with Crippen LogP contribution in [0.1, 0.15) is 16.2 Å². The summed E-state index contributed by atoms with van der Waals surface area (Å²) in [5.41, 5.74) is 7.65. The minimum absolute atomic E-state index is 0.00217. The molecule has 0 saturated carbocycles. The van der Waals surface area contributed by atoms with E-state index in [4.69, 9.17) is 10.3 Å². The summed E-state index contributed by atoms with van der Waals surface area (Å²) in [7, 11) is 1.80. The van der Waals surface area contributed by atoms with Crippen LogP contribution in [-0.2, 0) is 6.54 Å². The molecule has 30 heavy (non-hydrogen) atoms. The highest BCUT2D eigenvalue weighted by atomic mass is 16.5. The average Bonchev–Trinajstić information content (AvgIpc) is 3.28. The largest absolute Gasteiger partial charge is 0.368 e. The Morgan fingerprint density at radius 2 is 1.67 bits per heavy atom. The SMILES string of the molecule is CN(c1ccccc1)c1nc(N)nc(-c2noc(C(=O)NCc3ccccc3)n2)n1. The van der Waals surface area contributed by atoms with Crippen molar-refractivity contribution in [1.82, 2.24) is 30.4 Å². The Labute approximate surface area is 171 Å². The van der Waals surface area contributed by atoms with Gasteiger partial charge in [0.05, 0.1) is 0 Å². The van der Waals surface area contributed by atoms with Gasteiger partial charge >= 0.3 is 11.8 Å². The molecule has 0 bridgehead atoms. The number of hydrogen-bond donors (Lipinski definition) is 2. The van der Waals surface area contributed by atoms with Gasteiger partial charge in [0, 0.05) is 19.3 Å². The van der Waals surface area contributed by atoms with Crippen molar-refractivity contribution >= 4 is 23.5 Å². The van der Waals surface area contributed by atoms with Gasteiger partial charge in [-0.25, -0.2) is 0 Å². The van der Waals surface area contributed by atoms with Crippen molar-refractivity contribution in [2.45, 2.75) is 6.54 Å². The van der Waals surface area contributed by atoms with Crippen LogP contribution >= 0.6 is 0 Å². The van der Waals surface area contributed by atoms with E-state index in [1.54, 1.807) is 11.9 Å². The topological polar surface area (TPSA) is 136 Å². The number of hydrogen-bond acceptors (Lipinski definition) is 9. The third-order valence-corrected chi connectivity index (χ3v) is 4.20. The number of nitrogen functional groups attached to an aromatic ring is 1. The molecular weight excluding hydrogens is 384 g/mol. The first kappa shape index (κ1) is 19.0. The molecule has 0 aliphatic carbocycles. The number of benzene rings is 2. The molecule has 150 valence electrons. The Morgan fingerprint density at radius 1 is 0.967 bits per heavy atom. The zero-order chi connectivity index (χ0) is 20.9. The van der Waals surface area contributed by atoms with E-state index in [1.165, 1.54) is 0 Å². The fraction of sp³-hybridized carbons (Fsp3) is 0.100. The molecule has 0 radical (unpaired) electrons. The lowest BCUT2D eigenvalue weighted by molar-refractivity contribution is 0.0907. The van der Waals surface area contributed by atoms with Crippen LogP contribution in [0.3, 0.4) is 0 Å². The van der Waals surface area contributed by atoms with E-state index in [0.29, 0.717) is 12.5 Å². The van der Waals surface area contributed by atoms with E-state index in [9.17, 15) is 4.79 Å². The molecule has 0 saturated heterocycles. The minimum atomic E-state index is -0.499. The molecule has 0 spiro atoms. The maximum absolute atomic E-state index is 12.3. The van der Waals surface area contributed by atoms with Gasteiger partial charge in [0.25, 0.3) is 0 Å². The van der Waals surface area contributed by atoms with E-state index in [-0.39, 0.29) is 23.5 Å². The van der Waals surface area contributed by atoms with Crippen molar-refractivity contribution in [2.75, 3.05) is 17.7 Å². The van der Waals surface area contributed by atoms with Crippen molar-refractivity contribution in [3.05, 3.63) is 72.1 Å². The maximum Gasteiger partial charge on any atom is 0.316 e. The number of nitrogens with one attached hydrogen (secondary N) is 1. The van der Waals surface area contributed by atoms with E-state index in [2.05, 4.69) is 30.4 Å². The van der Waals surface area contributed by atoms with Gasteiger partial charge in [-0.1, -0.05) is 53.7 Å². The summed E-state index contributed by atoms with van der Waals surface area (Å²) in [6.45, 7) is 0.335. The first-order chi connectivity index (χ1) is 14.6. The highest BCUT2D eigenvalue weighted by molar-refractivity contribution is 5.89. The number of nitrogens with zero attached hydrogens (tertiary/aromatic N) is 6. The highest BCUT2D eigenvalue weighted by Gasteiger charge is 2.20. The normalized spacial score (nSPS) is 10.6. The second-order valence-electron chi connectivity index (χ2n) is 6.30. The number of rotatable bonds is 6. The molecule has 0 atom stereocenters. The summed E-state index contributed by atoms with van der Waals surface area (Å²) in [6.07, 6.45) is 0. The summed E-state index contributed by atoms with van der Waals surface area (Å²) in [5.74, 6) is -0.247. The second kappa shape index (κ2) is 8.35. The number of carbonyl (C=O) groups excluding carboxylic acids is 1. The van der Waals surface area contributed by atoms with Crippen molar-refractivity contribution in [1.29, 1.82) is 0 Å². The average molecular weight is 402 g/mol. The zero-order valence-electron chi connectivity index (χ0n) is 16.1. The van der Waals surface area contributed by atoms with Crippen LogP contribution in [0.5, 0.6) is 0 Å². The summed E-state index contributed by atoms with van der Waals surface area (Å²) in [4.78, 5) is 30.7. The van der Waals surface area contributed by atoms with Gasteiger partial charge in [-0.2, -0.15) is 19.9 Å². The number of para-hydroxylation sites is 1. The molecule has 2 heterocycles. The Kier molecular flexibility index (Phi) is 5.29. The van der Waals surface area contributed by atoms with Gasteiger partial charge < -0.3 is 20.5 Å². The number of nitrogens with two attached hydrogens (primary N) is 1. The molecule has 0 aliphatic rings. The zero-order valence-corrected chi connectivity index (χ0v) is 16.1. The molecule has 0 unspecified atom stereocenters. The lowest BCUT2D eigenvalue weighted by Gasteiger charge is -2.17. The summed E-state index contributed by atoms with van der Waals surface area (Å²) < 4.78 is 5.07. The van der Waals surface area contributed by atoms with Crippen molar-refractivity contribution < 1.29 is 9.32 Å². The third kappa shape index (κ3) is 4.22. The minimum Gasteiger partial charge on any atom is -0.368 e. The lowest BCUT2D eigenvalue weighted by Crippen LogP contribution is -2.23. The molecule has 4 aromatic rings. The molecule has 2 aromatic carbocycles. The van der Waals surface area contributed by atoms with Gasteiger partial charge in [-0.05, 0) is 17.7 Å². The number of aromatic nitrogens is 5. The smallest absolute Gasteiger partial charge is 0.316 e. The lowest BCUT2D eigenvalue weighted by atomic mass is 10.2. The predicted octanol–water partition coefficient (Wildman–Crippen LogP) is 2.20. The van der Waals surface area contributed by atoms with E-state index >= 15 is 0 Å². The van der Waals surface area contributed by atoms with Crippen LogP contribution in [0.15, 0.2) is 65.2 Å². The quantitative estimate of drug-likeness (QED) is 0.497. The molecular formula is C20H18N8O2. The highest BCUT2D eigenvalue weighted by Crippen LogP contribution is 2.22. The van der Waals surface area contributed by atoms with Crippen molar-refractivity contribution in [3.8, 4) is 11.6 Å². The van der Waals surface area contributed by atoms with E-state index in [1.807, 2.05) is 60.7 Å². The van der Waals surface area contributed by atoms with Crippen LogP contribution < -0.4 is 16.0 Å². The molecule has 10 heteroatoms. The molecule has 10 nitrogen and oxygen atoms in total. The maximum atomic E-state index is 12.3. The second-order valence-corrected chi connectivity index (χ2v) is 6.30. The molecule has 0 fully saturated rings. The van der Waals surface area contributed by atoms with Crippen LogP contribution in [-0.4, -0.2) is 38.0 Å². The molecule has 1 amide bonds. The molecule has 3 N–H and O–H groups in total. The van der Waals surface area contributed by atoms with Gasteiger partial charge in [0.2, 0.25) is 23.5 Å². The fourth-order valence-electron chi connectivity index (χ4n) is 2.66. The number of anilines is 3. The molecule has 4 rings (SSSR count). The first-order valence-corrected chi connectivity index (χ1v) is 9.06. The van der Waals surface area contributed by atoms with Gasteiger partial charge in [-0.15, -0.1) is 0 Å².